The molecule has 0 unspecified atom stereocenters. The van der Waals surface area contributed by atoms with E-state index >= 15 is 0 Å². The van der Waals surface area contributed by atoms with Gasteiger partial charge in [-0.25, -0.2) is 0 Å². The summed E-state index contributed by atoms with van der Waals surface area (Å²) < 4.78 is 11.1. The normalized spacial score (nSPS) is 10.3. The average molecular weight is 302 g/mol. The Morgan fingerprint density at radius 3 is 2.88 bits per heavy atom. The Bertz CT molecular complexity index is 382. The fourth-order valence-corrected chi connectivity index (χ4v) is 1.83. The molecule has 5 heteroatoms. The maximum absolute atomic E-state index is 11.5. The second-order valence-electron chi connectivity index (χ2n) is 3.38. The van der Waals surface area contributed by atoms with Crippen LogP contribution in [0.15, 0.2) is 22.7 Å². The minimum atomic E-state index is -0.165. The number of rotatable bonds is 6. The first-order chi connectivity index (χ1) is 8.19. The zero-order chi connectivity index (χ0) is 12.7. The molecule has 1 aromatic rings. The number of halogens is 1. The zero-order valence-corrected chi connectivity index (χ0v) is 11.5. The van der Waals surface area contributed by atoms with Crippen molar-refractivity contribution in [1.29, 1.82) is 0 Å². The van der Waals surface area contributed by atoms with Crippen molar-refractivity contribution < 1.29 is 14.3 Å². The van der Waals surface area contributed by atoms with Gasteiger partial charge in [-0.2, -0.15) is 0 Å². The van der Waals surface area contributed by atoms with Gasteiger partial charge in [0.05, 0.1) is 6.61 Å². The van der Waals surface area contributed by atoms with E-state index in [1.54, 1.807) is 7.11 Å². The molecule has 0 aromatic heterocycles. The molecule has 4 nitrogen and oxygen atoms in total. The second kappa shape index (κ2) is 7.42. The van der Waals surface area contributed by atoms with Gasteiger partial charge in [0.15, 0.2) is 0 Å². The summed E-state index contributed by atoms with van der Waals surface area (Å²) in [6, 6.07) is 5.61. The van der Waals surface area contributed by atoms with Gasteiger partial charge in [0, 0.05) is 29.4 Å². The van der Waals surface area contributed by atoms with E-state index in [4.69, 9.17) is 9.47 Å². The molecular formula is C12H16BrNO3. The van der Waals surface area contributed by atoms with E-state index in [-0.39, 0.29) is 12.5 Å². The monoisotopic (exact) mass is 301 g/mol. The van der Waals surface area contributed by atoms with Gasteiger partial charge in [-0.05, 0) is 19.1 Å². The maximum Gasteiger partial charge on any atom is 0.250 e. The van der Waals surface area contributed by atoms with E-state index in [9.17, 15) is 4.79 Å². The molecule has 0 aliphatic carbocycles. The molecule has 0 fully saturated rings. The van der Waals surface area contributed by atoms with Gasteiger partial charge in [-0.3, -0.25) is 4.79 Å². The molecule has 17 heavy (non-hydrogen) atoms. The first-order valence-electron chi connectivity index (χ1n) is 5.33. The van der Waals surface area contributed by atoms with Crippen LogP contribution in [-0.2, 0) is 20.9 Å². The summed E-state index contributed by atoms with van der Waals surface area (Å²) in [5.41, 5.74) is 1.66. The Hall–Kier alpha value is -0.910. The molecule has 1 rings (SSSR count). The Labute approximate surface area is 109 Å². The fraction of sp³-hybridized carbons (Fsp3) is 0.417. The summed E-state index contributed by atoms with van der Waals surface area (Å²) in [5.74, 6) is -0.165. The van der Waals surface area contributed by atoms with E-state index in [0.717, 1.165) is 15.7 Å². The average Bonchev–Trinajstić information content (AvgIpc) is 2.31. The lowest BCUT2D eigenvalue weighted by Gasteiger charge is -2.12. The van der Waals surface area contributed by atoms with Crippen molar-refractivity contribution in [3.8, 4) is 0 Å². The molecule has 0 spiro atoms. The van der Waals surface area contributed by atoms with Crippen LogP contribution < -0.4 is 5.32 Å². The van der Waals surface area contributed by atoms with Crippen LogP contribution in [-0.4, -0.2) is 26.2 Å². The molecule has 1 N–H and O–H groups in total. The number of amides is 1. The third kappa shape index (κ3) is 4.46. The summed E-state index contributed by atoms with van der Waals surface area (Å²) >= 11 is 3.43. The second-order valence-corrected chi connectivity index (χ2v) is 4.24. The van der Waals surface area contributed by atoms with Crippen LogP contribution in [0.3, 0.4) is 0 Å². The van der Waals surface area contributed by atoms with Crippen molar-refractivity contribution in [2.75, 3.05) is 25.6 Å². The lowest BCUT2D eigenvalue weighted by molar-refractivity contribution is -0.120. The Kier molecular flexibility index (Phi) is 6.18. The summed E-state index contributed by atoms with van der Waals surface area (Å²) in [5, 5.41) is 2.80. The fourth-order valence-electron chi connectivity index (χ4n) is 1.35. The van der Waals surface area contributed by atoms with Crippen molar-refractivity contribution in [3.05, 3.63) is 28.2 Å². The van der Waals surface area contributed by atoms with Crippen molar-refractivity contribution in [3.63, 3.8) is 0 Å². The SMILES string of the molecule is CCOCC(=O)Nc1cccc(Br)c1COC. The first-order valence-corrected chi connectivity index (χ1v) is 6.12. The third-order valence-corrected chi connectivity index (χ3v) is 2.86. The van der Waals surface area contributed by atoms with Crippen molar-refractivity contribution in [1.82, 2.24) is 0 Å². The number of methoxy groups -OCH3 is 1. The molecule has 0 saturated carbocycles. The van der Waals surface area contributed by atoms with Gasteiger partial charge in [-0.15, -0.1) is 0 Å². The van der Waals surface area contributed by atoms with Crippen LogP contribution in [0.5, 0.6) is 0 Å². The minimum absolute atomic E-state index is 0.0649. The highest BCUT2D eigenvalue weighted by Gasteiger charge is 2.09. The van der Waals surface area contributed by atoms with E-state index in [2.05, 4.69) is 21.2 Å². The van der Waals surface area contributed by atoms with E-state index in [0.29, 0.717) is 13.2 Å². The van der Waals surface area contributed by atoms with Crippen LogP contribution in [0.2, 0.25) is 0 Å². The molecule has 1 amide bonds. The number of nitrogens with one attached hydrogen (secondary N) is 1. The molecule has 0 aliphatic rings. The Morgan fingerprint density at radius 2 is 2.24 bits per heavy atom. The number of ether oxygens (including phenoxy) is 2. The largest absolute Gasteiger partial charge is 0.380 e. The van der Waals surface area contributed by atoms with Gasteiger partial charge in [0.1, 0.15) is 6.61 Å². The summed E-state index contributed by atoms with van der Waals surface area (Å²) in [6.07, 6.45) is 0. The van der Waals surface area contributed by atoms with Crippen LogP contribution >= 0.6 is 15.9 Å². The van der Waals surface area contributed by atoms with Crippen molar-refractivity contribution in [2.24, 2.45) is 0 Å². The summed E-state index contributed by atoms with van der Waals surface area (Å²) in [7, 11) is 1.62. The third-order valence-electron chi connectivity index (χ3n) is 2.12. The topological polar surface area (TPSA) is 47.6 Å². The summed E-state index contributed by atoms with van der Waals surface area (Å²) in [4.78, 5) is 11.5. The Balaban J connectivity index is 2.75. The lowest BCUT2D eigenvalue weighted by atomic mass is 10.2. The molecule has 1 aromatic carbocycles. The summed E-state index contributed by atoms with van der Waals surface area (Å²) in [6.45, 7) is 2.88. The van der Waals surface area contributed by atoms with Crippen LogP contribution in [0.25, 0.3) is 0 Å². The maximum atomic E-state index is 11.5. The van der Waals surface area contributed by atoms with E-state index in [1.165, 1.54) is 0 Å². The zero-order valence-electron chi connectivity index (χ0n) is 9.96. The molecule has 0 bridgehead atoms. The highest BCUT2D eigenvalue weighted by molar-refractivity contribution is 9.10. The lowest BCUT2D eigenvalue weighted by Crippen LogP contribution is -2.19. The van der Waals surface area contributed by atoms with Gasteiger partial charge < -0.3 is 14.8 Å². The number of carbonyl (C=O) groups is 1. The predicted molar refractivity (Wildman–Crippen MR) is 70.0 cm³/mol. The first kappa shape index (κ1) is 14.2. The quantitative estimate of drug-likeness (QED) is 0.878. The molecule has 94 valence electrons. The van der Waals surface area contributed by atoms with Crippen LogP contribution in [0.4, 0.5) is 5.69 Å². The van der Waals surface area contributed by atoms with Gasteiger partial charge in [-0.1, -0.05) is 22.0 Å². The number of anilines is 1. The standard InChI is InChI=1S/C12H16BrNO3/c1-3-17-8-12(15)14-11-6-4-5-10(13)9(11)7-16-2/h4-6H,3,7-8H2,1-2H3,(H,14,15). The number of hydrogen-bond acceptors (Lipinski definition) is 3. The van der Waals surface area contributed by atoms with E-state index in [1.807, 2.05) is 25.1 Å². The minimum Gasteiger partial charge on any atom is -0.380 e. The van der Waals surface area contributed by atoms with Gasteiger partial charge in [0.25, 0.3) is 0 Å². The van der Waals surface area contributed by atoms with Gasteiger partial charge in [0.2, 0.25) is 5.91 Å². The smallest absolute Gasteiger partial charge is 0.250 e. The highest BCUT2D eigenvalue weighted by atomic mass is 79.9. The van der Waals surface area contributed by atoms with Crippen LogP contribution in [0, 0.1) is 0 Å². The van der Waals surface area contributed by atoms with E-state index < -0.39 is 0 Å². The molecule has 0 heterocycles. The molecule has 0 atom stereocenters. The number of benzene rings is 1. The number of carbonyl (C=O) groups excluding carboxylic acids is 1. The number of hydrogen-bond donors (Lipinski definition) is 1. The molecular weight excluding hydrogens is 286 g/mol. The molecule has 0 saturated heterocycles. The Morgan fingerprint density at radius 1 is 1.47 bits per heavy atom. The molecule has 0 radical (unpaired) electrons. The van der Waals surface area contributed by atoms with Crippen molar-refractivity contribution >= 4 is 27.5 Å². The van der Waals surface area contributed by atoms with Gasteiger partial charge >= 0.3 is 0 Å². The molecule has 0 aliphatic heterocycles. The van der Waals surface area contributed by atoms with Crippen molar-refractivity contribution in [2.45, 2.75) is 13.5 Å². The predicted octanol–water partition coefficient (Wildman–Crippen LogP) is 2.57. The highest BCUT2D eigenvalue weighted by Crippen LogP contribution is 2.25. The van der Waals surface area contributed by atoms with Crippen LogP contribution in [0.1, 0.15) is 12.5 Å².